The molecule has 0 aliphatic rings. The highest BCUT2D eigenvalue weighted by Crippen LogP contribution is 2.28. The summed E-state index contributed by atoms with van der Waals surface area (Å²) in [5.74, 6) is -0.500. The van der Waals surface area contributed by atoms with Gasteiger partial charge in [-0.1, -0.05) is 17.4 Å². The minimum Gasteiger partial charge on any atom is -0.321 e. The van der Waals surface area contributed by atoms with Crippen LogP contribution >= 0.6 is 11.3 Å². The molecule has 0 saturated heterocycles. The van der Waals surface area contributed by atoms with Gasteiger partial charge in [0.05, 0.1) is 16.8 Å². The largest absolute Gasteiger partial charge is 0.321 e. The van der Waals surface area contributed by atoms with E-state index in [-0.39, 0.29) is 14.9 Å². The summed E-state index contributed by atoms with van der Waals surface area (Å²) in [5, 5.41) is 2.84. The van der Waals surface area contributed by atoms with Crippen LogP contribution in [-0.4, -0.2) is 48.1 Å². The quantitative estimate of drug-likeness (QED) is 0.709. The van der Waals surface area contributed by atoms with Gasteiger partial charge in [-0.3, -0.25) is 4.79 Å². The lowest BCUT2D eigenvalue weighted by molar-refractivity contribution is 0.102. The average molecular weight is 433 g/mol. The lowest BCUT2D eigenvalue weighted by atomic mass is 10.2. The minimum absolute atomic E-state index is 0.0180. The number of sulfonamides is 2. The number of aryl methyl sites for hydroxylation is 2. The lowest BCUT2D eigenvalue weighted by Crippen LogP contribution is -2.24. The SMILES string of the molecule is CNS(=O)(=O)c1ccc(C)c(NC(=O)c2sc(N(C)S(C)(=O)=O)nc2C)c1. The summed E-state index contributed by atoms with van der Waals surface area (Å²) in [6, 6.07) is 4.38. The highest BCUT2D eigenvalue weighted by atomic mass is 32.2. The van der Waals surface area contributed by atoms with Crippen LogP contribution in [0.1, 0.15) is 20.9 Å². The molecule has 1 aromatic carbocycles. The maximum Gasteiger partial charge on any atom is 0.267 e. The van der Waals surface area contributed by atoms with Crippen LogP contribution < -0.4 is 14.3 Å². The molecular weight excluding hydrogens is 412 g/mol. The number of anilines is 2. The van der Waals surface area contributed by atoms with Crippen molar-refractivity contribution in [2.75, 3.05) is 30.0 Å². The lowest BCUT2D eigenvalue weighted by Gasteiger charge is -2.12. The molecule has 0 aliphatic carbocycles. The Kier molecular flexibility index (Phi) is 5.94. The van der Waals surface area contributed by atoms with Crippen LogP contribution in [0.3, 0.4) is 0 Å². The van der Waals surface area contributed by atoms with Crippen molar-refractivity contribution in [2.45, 2.75) is 18.7 Å². The summed E-state index contributed by atoms with van der Waals surface area (Å²) in [4.78, 5) is 17.0. The summed E-state index contributed by atoms with van der Waals surface area (Å²) >= 11 is 0.935. The Morgan fingerprint density at radius 2 is 1.81 bits per heavy atom. The molecule has 2 rings (SSSR count). The Morgan fingerprint density at radius 3 is 2.37 bits per heavy atom. The molecule has 1 heterocycles. The van der Waals surface area contributed by atoms with Crippen LogP contribution in [0.2, 0.25) is 0 Å². The van der Waals surface area contributed by atoms with E-state index in [2.05, 4.69) is 15.0 Å². The molecular formula is C15H20N4O5S3. The molecule has 1 aromatic heterocycles. The molecule has 0 bridgehead atoms. The smallest absolute Gasteiger partial charge is 0.267 e. The second kappa shape index (κ2) is 7.54. The zero-order valence-electron chi connectivity index (χ0n) is 15.4. The Hall–Kier alpha value is -2.02. The van der Waals surface area contributed by atoms with Crippen molar-refractivity contribution < 1.29 is 21.6 Å². The van der Waals surface area contributed by atoms with Crippen LogP contribution in [0.4, 0.5) is 10.8 Å². The van der Waals surface area contributed by atoms with Crippen LogP contribution in [-0.2, 0) is 20.0 Å². The maximum atomic E-state index is 12.6. The second-order valence-corrected chi connectivity index (χ2v) is 10.7. The molecule has 0 fully saturated rings. The molecule has 0 spiro atoms. The van der Waals surface area contributed by atoms with Crippen LogP contribution in [0.25, 0.3) is 0 Å². The Labute approximate surface area is 162 Å². The van der Waals surface area contributed by atoms with Crippen molar-refractivity contribution in [3.05, 3.63) is 34.3 Å². The fraction of sp³-hybridized carbons (Fsp3) is 0.333. The number of nitrogens with one attached hydrogen (secondary N) is 2. The van der Waals surface area contributed by atoms with Crippen molar-refractivity contribution in [3.63, 3.8) is 0 Å². The number of aromatic nitrogens is 1. The van der Waals surface area contributed by atoms with E-state index in [1.807, 2.05) is 0 Å². The molecule has 2 aromatic rings. The third kappa shape index (κ3) is 4.64. The fourth-order valence-corrected chi connectivity index (χ4v) is 4.50. The molecule has 9 nitrogen and oxygen atoms in total. The zero-order valence-corrected chi connectivity index (χ0v) is 17.8. The van der Waals surface area contributed by atoms with E-state index in [9.17, 15) is 21.6 Å². The highest BCUT2D eigenvalue weighted by Gasteiger charge is 2.22. The number of hydrogen-bond donors (Lipinski definition) is 2. The first-order valence-corrected chi connectivity index (χ1v) is 11.8. The molecule has 1 amide bonds. The van der Waals surface area contributed by atoms with Crippen molar-refractivity contribution in [3.8, 4) is 0 Å². The zero-order chi connectivity index (χ0) is 20.6. The first-order chi connectivity index (χ1) is 12.4. The average Bonchev–Trinajstić information content (AvgIpc) is 2.96. The van der Waals surface area contributed by atoms with Crippen molar-refractivity contribution >= 4 is 48.1 Å². The van der Waals surface area contributed by atoms with Gasteiger partial charge in [-0.2, -0.15) is 0 Å². The standard InChI is InChI=1S/C15H20N4O5S3/c1-9-6-7-11(27(23,24)16-3)8-12(9)18-14(20)13-10(2)17-15(25-13)19(4)26(5,21)22/h6-8,16H,1-5H3,(H,18,20). The molecule has 0 unspecified atom stereocenters. The van der Waals surface area contributed by atoms with Gasteiger partial charge in [0.15, 0.2) is 5.13 Å². The van der Waals surface area contributed by atoms with E-state index in [0.717, 1.165) is 21.9 Å². The van der Waals surface area contributed by atoms with Crippen LogP contribution in [0, 0.1) is 13.8 Å². The third-order valence-corrected chi connectivity index (χ3v) is 7.72. The fourth-order valence-electron chi connectivity index (χ4n) is 2.07. The van der Waals surface area contributed by atoms with E-state index in [1.165, 1.54) is 26.2 Å². The number of carbonyl (C=O) groups is 1. The molecule has 0 atom stereocenters. The first kappa shape index (κ1) is 21.3. The molecule has 148 valence electrons. The Bertz CT molecular complexity index is 1090. The Balaban J connectivity index is 2.36. The highest BCUT2D eigenvalue weighted by molar-refractivity contribution is 7.92. The maximum absolute atomic E-state index is 12.6. The van der Waals surface area contributed by atoms with Gasteiger partial charge in [-0.25, -0.2) is 30.8 Å². The summed E-state index contributed by atoms with van der Waals surface area (Å²) in [6.07, 6.45) is 1.04. The monoisotopic (exact) mass is 432 g/mol. The normalized spacial score (nSPS) is 12.0. The van der Waals surface area contributed by atoms with Crippen molar-refractivity contribution in [1.82, 2.24) is 9.71 Å². The van der Waals surface area contributed by atoms with E-state index in [0.29, 0.717) is 16.9 Å². The van der Waals surface area contributed by atoms with Gasteiger partial charge >= 0.3 is 0 Å². The van der Waals surface area contributed by atoms with Crippen molar-refractivity contribution in [1.29, 1.82) is 0 Å². The summed E-state index contributed by atoms with van der Waals surface area (Å²) in [5.41, 5.74) is 1.39. The number of benzene rings is 1. The van der Waals surface area contributed by atoms with Crippen LogP contribution in [0.5, 0.6) is 0 Å². The number of amides is 1. The summed E-state index contributed by atoms with van der Waals surface area (Å²) in [6.45, 7) is 3.33. The molecule has 27 heavy (non-hydrogen) atoms. The van der Waals surface area contributed by atoms with E-state index >= 15 is 0 Å². The second-order valence-electron chi connectivity index (χ2n) is 5.78. The first-order valence-electron chi connectivity index (χ1n) is 7.63. The van der Waals surface area contributed by atoms with Crippen molar-refractivity contribution in [2.24, 2.45) is 0 Å². The number of nitrogens with zero attached hydrogens (tertiary/aromatic N) is 2. The van der Waals surface area contributed by atoms with E-state index < -0.39 is 26.0 Å². The number of carbonyl (C=O) groups excluding carboxylic acids is 1. The topological polar surface area (TPSA) is 126 Å². The number of thiazole rings is 1. The molecule has 0 radical (unpaired) electrons. The predicted molar refractivity (Wildman–Crippen MR) is 105 cm³/mol. The van der Waals surface area contributed by atoms with Gasteiger partial charge in [0, 0.05) is 12.7 Å². The molecule has 0 saturated carbocycles. The van der Waals surface area contributed by atoms with Gasteiger partial charge in [-0.05, 0) is 38.6 Å². The predicted octanol–water partition coefficient (Wildman–Crippen LogP) is 1.32. The Morgan fingerprint density at radius 1 is 1.19 bits per heavy atom. The van der Waals surface area contributed by atoms with Gasteiger partial charge in [0.1, 0.15) is 4.88 Å². The molecule has 0 aliphatic heterocycles. The number of hydrogen-bond acceptors (Lipinski definition) is 7. The summed E-state index contributed by atoms with van der Waals surface area (Å²) in [7, 11) is -4.50. The molecule has 12 heteroatoms. The van der Waals surface area contributed by atoms with Crippen LogP contribution in [0.15, 0.2) is 23.1 Å². The third-order valence-electron chi connectivity index (χ3n) is 3.79. The summed E-state index contributed by atoms with van der Waals surface area (Å²) < 4.78 is 50.4. The van der Waals surface area contributed by atoms with Gasteiger partial charge in [0.25, 0.3) is 5.91 Å². The van der Waals surface area contributed by atoms with Gasteiger partial charge in [0.2, 0.25) is 20.0 Å². The van der Waals surface area contributed by atoms with Gasteiger partial charge in [-0.15, -0.1) is 0 Å². The molecule has 2 N–H and O–H groups in total. The van der Waals surface area contributed by atoms with E-state index in [1.54, 1.807) is 19.9 Å². The van der Waals surface area contributed by atoms with E-state index in [4.69, 9.17) is 0 Å². The van der Waals surface area contributed by atoms with Gasteiger partial charge < -0.3 is 5.32 Å². The number of rotatable bonds is 6. The minimum atomic E-state index is -3.65.